The molecule has 0 unspecified atom stereocenters. The number of carbonyl (C=O) groups excluding carboxylic acids is 2. The fourth-order valence-electron chi connectivity index (χ4n) is 1.95. The first-order valence-electron chi connectivity index (χ1n) is 6.18. The molecule has 4 nitrogen and oxygen atoms in total. The van der Waals surface area contributed by atoms with Crippen molar-refractivity contribution in [3.05, 3.63) is 60.2 Å². The summed E-state index contributed by atoms with van der Waals surface area (Å²) in [6.07, 6.45) is 0. The van der Waals surface area contributed by atoms with Crippen molar-refractivity contribution in [2.45, 2.75) is 6.92 Å². The van der Waals surface area contributed by atoms with E-state index in [-0.39, 0.29) is 11.8 Å². The maximum absolute atomic E-state index is 12.5. The number of para-hydroxylation sites is 2. The molecule has 0 bridgehead atoms. The summed E-state index contributed by atoms with van der Waals surface area (Å²) in [6, 6.07) is 15.6. The normalized spacial score (nSPS) is 9.90. The number of ether oxygens (including phenoxy) is 1. The number of methoxy groups -OCH3 is 1. The van der Waals surface area contributed by atoms with Crippen LogP contribution in [0.5, 0.6) is 5.75 Å². The van der Waals surface area contributed by atoms with Gasteiger partial charge in [-0.1, -0.05) is 30.3 Å². The van der Waals surface area contributed by atoms with Gasteiger partial charge in [-0.15, -0.1) is 0 Å². The van der Waals surface area contributed by atoms with Crippen LogP contribution in [0.2, 0.25) is 0 Å². The lowest BCUT2D eigenvalue weighted by Gasteiger charge is -2.21. The molecule has 102 valence electrons. The Hall–Kier alpha value is -2.62. The number of hydrogen-bond acceptors (Lipinski definition) is 3. The second kappa shape index (κ2) is 6.02. The molecule has 0 heterocycles. The zero-order valence-electron chi connectivity index (χ0n) is 11.4. The Bertz CT molecular complexity index is 623. The van der Waals surface area contributed by atoms with Gasteiger partial charge in [-0.3, -0.25) is 9.59 Å². The van der Waals surface area contributed by atoms with Crippen LogP contribution in [0.1, 0.15) is 17.3 Å². The van der Waals surface area contributed by atoms with Crippen LogP contribution >= 0.6 is 0 Å². The van der Waals surface area contributed by atoms with Crippen LogP contribution < -0.4 is 9.64 Å². The molecular formula is C16H15NO3. The van der Waals surface area contributed by atoms with Gasteiger partial charge in [0.1, 0.15) is 5.75 Å². The Balaban J connectivity index is 2.47. The Labute approximate surface area is 117 Å². The first kappa shape index (κ1) is 13.8. The van der Waals surface area contributed by atoms with Crippen molar-refractivity contribution >= 4 is 17.5 Å². The van der Waals surface area contributed by atoms with Gasteiger partial charge < -0.3 is 4.74 Å². The van der Waals surface area contributed by atoms with Crippen LogP contribution in [0, 0.1) is 0 Å². The average molecular weight is 269 g/mol. The quantitative estimate of drug-likeness (QED) is 0.860. The molecule has 0 aliphatic rings. The van der Waals surface area contributed by atoms with Crippen molar-refractivity contribution in [2.75, 3.05) is 12.0 Å². The third-order valence-corrected chi connectivity index (χ3v) is 2.86. The standard InChI is InChI=1S/C16H15NO3/c1-12(18)17(14-10-6-7-11-15(14)20-2)16(19)13-8-4-3-5-9-13/h3-11H,1-2H3. The van der Waals surface area contributed by atoms with Crippen molar-refractivity contribution in [2.24, 2.45) is 0 Å². The highest BCUT2D eigenvalue weighted by Crippen LogP contribution is 2.29. The molecule has 20 heavy (non-hydrogen) atoms. The molecule has 0 fully saturated rings. The Kier molecular flexibility index (Phi) is 4.15. The number of nitrogens with zero attached hydrogens (tertiary/aromatic N) is 1. The van der Waals surface area contributed by atoms with E-state index in [1.54, 1.807) is 48.5 Å². The number of carbonyl (C=O) groups is 2. The molecule has 4 heteroatoms. The highest BCUT2D eigenvalue weighted by molar-refractivity contribution is 6.21. The van der Waals surface area contributed by atoms with Crippen molar-refractivity contribution in [3.8, 4) is 5.75 Å². The molecule has 2 aromatic rings. The Morgan fingerprint density at radius 2 is 1.55 bits per heavy atom. The fraction of sp³-hybridized carbons (Fsp3) is 0.125. The van der Waals surface area contributed by atoms with Gasteiger partial charge in [-0.05, 0) is 24.3 Å². The molecule has 2 aromatic carbocycles. The molecule has 0 N–H and O–H groups in total. The number of benzene rings is 2. The van der Waals surface area contributed by atoms with Gasteiger partial charge in [0.05, 0.1) is 12.8 Å². The summed E-state index contributed by atoms with van der Waals surface area (Å²) in [6.45, 7) is 1.35. The summed E-state index contributed by atoms with van der Waals surface area (Å²) in [5, 5.41) is 0. The van der Waals surface area contributed by atoms with Gasteiger partial charge in [0.2, 0.25) is 5.91 Å². The van der Waals surface area contributed by atoms with E-state index >= 15 is 0 Å². The smallest absolute Gasteiger partial charge is 0.265 e. The van der Waals surface area contributed by atoms with Crippen molar-refractivity contribution < 1.29 is 14.3 Å². The lowest BCUT2D eigenvalue weighted by molar-refractivity contribution is -0.116. The van der Waals surface area contributed by atoms with Gasteiger partial charge in [0.15, 0.2) is 0 Å². The second-order valence-corrected chi connectivity index (χ2v) is 4.20. The zero-order chi connectivity index (χ0) is 14.5. The van der Waals surface area contributed by atoms with E-state index < -0.39 is 0 Å². The third-order valence-electron chi connectivity index (χ3n) is 2.86. The molecule has 0 saturated heterocycles. The van der Waals surface area contributed by atoms with Crippen LogP contribution in [-0.4, -0.2) is 18.9 Å². The van der Waals surface area contributed by atoms with Crippen molar-refractivity contribution in [3.63, 3.8) is 0 Å². The van der Waals surface area contributed by atoms with Crippen LogP contribution in [-0.2, 0) is 4.79 Å². The Morgan fingerprint density at radius 1 is 0.950 bits per heavy atom. The molecule has 0 aliphatic carbocycles. The Morgan fingerprint density at radius 3 is 2.15 bits per heavy atom. The predicted molar refractivity (Wildman–Crippen MR) is 76.9 cm³/mol. The van der Waals surface area contributed by atoms with Crippen LogP contribution in [0.25, 0.3) is 0 Å². The monoisotopic (exact) mass is 269 g/mol. The largest absolute Gasteiger partial charge is 0.495 e. The minimum Gasteiger partial charge on any atom is -0.495 e. The van der Waals surface area contributed by atoms with Crippen LogP contribution in [0.15, 0.2) is 54.6 Å². The SMILES string of the molecule is COc1ccccc1N(C(C)=O)C(=O)c1ccccc1. The molecule has 2 amide bonds. The average Bonchev–Trinajstić information content (AvgIpc) is 2.48. The molecule has 0 atom stereocenters. The number of anilines is 1. The molecule has 2 rings (SSSR count). The lowest BCUT2D eigenvalue weighted by atomic mass is 10.1. The summed E-state index contributed by atoms with van der Waals surface area (Å²) in [5.41, 5.74) is 0.893. The summed E-state index contributed by atoms with van der Waals surface area (Å²) in [5.74, 6) is -0.252. The van der Waals surface area contributed by atoms with Gasteiger partial charge in [-0.25, -0.2) is 4.90 Å². The van der Waals surface area contributed by atoms with Gasteiger partial charge in [0.25, 0.3) is 5.91 Å². The minimum absolute atomic E-state index is 0.358. The van der Waals surface area contributed by atoms with Crippen LogP contribution in [0.3, 0.4) is 0 Å². The lowest BCUT2D eigenvalue weighted by Crippen LogP contribution is -2.35. The third kappa shape index (κ3) is 2.69. The van der Waals surface area contributed by atoms with E-state index in [0.717, 1.165) is 4.90 Å². The maximum Gasteiger partial charge on any atom is 0.265 e. The maximum atomic E-state index is 12.5. The van der Waals surface area contributed by atoms with E-state index in [1.807, 2.05) is 6.07 Å². The van der Waals surface area contributed by atoms with Crippen molar-refractivity contribution in [1.82, 2.24) is 0 Å². The molecular weight excluding hydrogens is 254 g/mol. The minimum atomic E-state index is -0.373. The van der Waals surface area contributed by atoms with Crippen LogP contribution in [0.4, 0.5) is 5.69 Å². The van der Waals surface area contributed by atoms with Gasteiger partial charge in [0, 0.05) is 12.5 Å². The van der Waals surface area contributed by atoms with Gasteiger partial charge >= 0.3 is 0 Å². The fourth-order valence-corrected chi connectivity index (χ4v) is 1.95. The van der Waals surface area contributed by atoms with Gasteiger partial charge in [-0.2, -0.15) is 0 Å². The summed E-state index contributed by atoms with van der Waals surface area (Å²) in [7, 11) is 1.50. The number of rotatable bonds is 3. The first-order valence-corrected chi connectivity index (χ1v) is 6.18. The second-order valence-electron chi connectivity index (χ2n) is 4.20. The number of hydrogen-bond donors (Lipinski definition) is 0. The molecule has 0 aliphatic heterocycles. The molecule has 0 saturated carbocycles. The topological polar surface area (TPSA) is 46.6 Å². The summed E-state index contributed by atoms with van der Waals surface area (Å²) >= 11 is 0. The van der Waals surface area contributed by atoms with E-state index in [9.17, 15) is 9.59 Å². The molecule has 0 aromatic heterocycles. The molecule has 0 radical (unpaired) electrons. The van der Waals surface area contributed by atoms with E-state index in [0.29, 0.717) is 17.0 Å². The summed E-state index contributed by atoms with van der Waals surface area (Å²) in [4.78, 5) is 25.5. The summed E-state index contributed by atoms with van der Waals surface area (Å²) < 4.78 is 5.22. The number of imide groups is 1. The van der Waals surface area contributed by atoms with E-state index in [1.165, 1.54) is 14.0 Å². The van der Waals surface area contributed by atoms with E-state index in [2.05, 4.69) is 0 Å². The van der Waals surface area contributed by atoms with Crippen molar-refractivity contribution in [1.29, 1.82) is 0 Å². The highest BCUT2D eigenvalue weighted by atomic mass is 16.5. The van der Waals surface area contributed by atoms with E-state index in [4.69, 9.17) is 4.74 Å². The molecule has 0 spiro atoms. The number of amides is 2. The first-order chi connectivity index (χ1) is 9.65. The highest BCUT2D eigenvalue weighted by Gasteiger charge is 2.24. The predicted octanol–water partition coefficient (Wildman–Crippen LogP) is 2.89. The zero-order valence-corrected chi connectivity index (χ0v) is 11.4.